The standard InChI is InChI=1S/C14H18FN3O2/c15-10-5-1-2-6-11(10)17-12(14(16)20)9-13(19)18-7-3-4-8-18/h1-2,5-6,12,17H,3-4,7-9H2,(H2,16,20). The Morgan fingerprint density at radius 3 is 2.55 bits per heavy atom. The summed E-state index contributed by atoms with van der Waals surface area (Å²) in [4.78, 5) is 25.2. The number of amides is 2. The summed E-state index contributed by atoms with van der Waals surface area (Å²) >= 11 is 0. The molecule has 5 nitrogen and oxygen atoms in total. The summed E-state index contributed by atoms with van der Waals surface area (Å²) in [7, 11) is 0. The van der Waals surface area contributed by atoms with Gasteiger partial charge in [-0.15, -0.1) is 0 Å². The third kappa shape index (κ3) is 3.46. The maximum absolute atomic E-state index is 13.5. The van der Waals surface area contributed by atoms with Crippen molar-refractivity contribution in [2.45, 2.75) is 25.3 Å². The van der Waals surface area contributed by atoms with E-state index in [9.17, 15) is 14.0 Å². The van der Waals surface area contributed by atoms with Crippen LogP contribution in [0.5, 0.6) is 0 Å². The third-order valence-electron chi connectivity index (χ3n) is 3.38. The molecule has 1 unspecified atom stereocenters. The van der Waals surface area contributed by atoms with Crippen LogP contribution in [0.15, 0.2) is 24.3 Å². The Kier molecular flexibility index (Phi) is 4.55. The van der Waals surface area contributed by atoms with E-state index >= 15 is 0 Å². The molecule has 1 aromatic carbocycles. The highest BCUT2D eigenvalue weighted by atomic mass is 19.1. The number of carbonyl (C=O) groups excluding carboxylic acids is 2. The second-order valence-corrected chi connectivity index (χ2v) is 4.87. The Hall–Kier alpha value is -2.11. The normalized spacial score (nSPS) is 15.9. The highest BCUT2D eigenvalue weighted by Gasteiger charge is 2.25. The zero-order valence-corrected chi connectivity index (χ0v) is 11.1. The molecule has 0 saturated carbocycles. The summed E-state index contributed by atoms with van der Waals surface area (Å²) in [6.45, 7) is 1.42. The summed E-state index contributed by atoms with van der Waals surface area (Å²) in [6, 6.07) is 5.08. The number of anilines is 1. The second-order valence-electron chi connectivity index (χ2n) is 4.87. The number of carbonyl (C=O) groups is 2. The van der Waals surface area contributed by atoms with E-state index in [-0.39, 0.29) is 18.0 Å². The molecule has 1 saturated heterocycles. The minimum Gasteiger partial charge on any atom is -0.371 e. The van der Waals surface area contributed by atoms with Crippen LogP contribution in [0, 0.1) is 5.82 Å². The number of halogens is 1. The van der Waals surface area contributed by atoms with Gasteiger partial charge in [0.1, 0.15) is 11.9 Å². The Labute approximate surface area is 116 Å². The smallest absolute Gasteiger partial charge is 0.240 e. The zero-order valence-electron chi connectivity index (χ0n) is 11.1. The Bertz CT molecular complexity index is 501. The van der Waals surface area contributed by atoms with Gasteiger partial charge < -0.3 is 16.0 Å². The Morgan fingerprint density at radius 1 is 1.30 bits per heavy atom. The number of benzene rings is 1. The fraction of sp³-hybridized carbons (Fsp3) is 0.429. The van der Waals surface area contributed by atoms with Crippen molar-refractivity contribution in [3.05, 3.63) is 30.1 Å². The van der Waals surface area contributed by atoms with Crippen LogP contribution >= 0.6 is 0 Å². The number of nitrogens with two attached hydrogens (primary N) is 1. The topological polar surface area (TPSA) is 75.4 Å². The van der Waals surface area contributed by atoms with Crippen LogP contribution in [-0.2, 0) is 9.59 Å². The number of likely N-dealkylation sites (tertiary alicyclic amines) is 1. The van der Waals surface area contributed by atoms with Crippen LogP contribution in [-0.4, -0.2) is 35.8 Å². The summed E-state index contributed by atoms with van der Waals surface area (Å²) in [5.41, 5.74) is 5.46. The molecule has 1 aliphatic rings. The third-order valence-corrected chi connectivity index (χ3v) is 3.38. The van der Waals surface area contributed by atoms with Crippen molar-refractivity contribution in [3.63, 3.8) is 0 Å². The van der Waals surface area contributed by atoms with Crippen LogP contribution < -0.4 is 11.1 Å². The molecule has 1 aromatic rings. The zero-order chi connectivity index (χ0) is 14.5. The Balaban J connectivity index is 2.02. The van der Waals surface area contributed by atoms with E-state index in [0.717, 1.165) is 12.8 Å². The fourth-order valence-electron chi connectivity index (χ4n) is 2.26. The maximum Gasteiger partial charge on any atom is 0.240 e. The molecule has 1 fully saturated rings. The first kappa shape index (κ1) is 14.3. The second kappa shape index (κ2) is 6.36. The molecule has 0 radical (unpaired) electrons. The van der Waals surface area contributed by atoms with Crippen molar-refractivity contribution >= 4 is 17.5 Å². The van der Waals surface area contributed by atoms with Gasteiger partial charge in [-0.05, 0) is 25.0 Å². The van der Waals surface area contributed by atoms with Crippen molar-refractivity contribution in [3.8, 4) is 0 Å². The van der Waals surface area contributed by atoms with Gasteiger partial charge in [-0.2, -0.15) is 0 Å². The molecule has 0 aliphatic carbocycles. The molecule has 6 heteroatoms. The molecule has 2 rings (SSSR count). The van der Waals surface area contributed by atoms with Crippen LogP contribution in [0.25, 0.3) is 0 Å². The molecular weight excluding hydrogens is 261 g/mol. The number of hydrogen-bond acceptors (Lipinski definition) is 3. The van der Waals surface area contributed by atoms with Crippen molar-refractivity contribution in [1.29, 1.82) is 0 Å². The first-order valence-electron chi connectivity index (χ1n) is 6.66. The van der Waals surface area contributed by atoms with Gasteiger partial charge in [0.05, 0.1) is 12.1 Å². The average molecular weight is 279 g/mol. The molecule has 20 heavy (non-hydrogen) atoms. The molecular formula is C14H18FN3O2. The van der Waals surface area contributed by atoms with Gasteiger partial charge in [0, 0.05) is 13.1 Å². The van der Waals surface area contributed by atoms with Gasteiger partial charge in [-0.25, -0.2) is 4.39 Å². The summed E-state index contributed by atoms with van der Waals surface area (Å²) in [5.74, 6) is -1.27. The highest BCUT2D eigenvalue weighted by Crippen LogP contribution is 2.16. The largest absolute Gasteiger partial charge is 0.371 e. The summed E-state index contributed by atoms with van der Waals surface area (Å²) < 4.78 is 13.5. The van der Waals surface area contributed by atoms with E-state index in [1.54, 1.807) is 17.0 Å². The van der Waals surface area contributed by atoms with Crippen LogP contribution in [0.1, 0.15) is 19.3 Å². The van der Waals surface area contributed by atoms with E-state index < -0.39 is 17.8 Å². The molecule has 0 spiro atoms. The number of nitrogens with zero attached hydrogens (tertiary/aromatic N) is 1. The highest BCUT2D eigenvalue weighted by molar-refractivity contribution is 5.89. The average Bonchev–Trinajstić information content (AvgIpc) is 2.94. The molecule has 108 valence electrons. The molecule has 2 amide bonds. The molecule has 0 bridgehead atoms. The number of hydrogen-bond donors (Lipinski definition) is 2. The van der Waals surface area contributed by atoms with Crippen molar-refractivity contribution < 1.29 is 14.0 Å². The number of para-hydroxylation sites is 1. The predicted molar refractivity (Wildman–Crippen MR) is 73.4 cm³/mol. The van der Waals surface area contributed by atoms with E-state index in [4.69, 9.17) is 5.73 Å². The van der Waals surface area contributed by atoms with Crippen molar-refractivity contribution in [2.75, 3.05) is 18.4 Å². The first-order chi connectivity index (χ1) is 9.58. The van der Waals surface area contributed by atoms with Gasteiger partial charge in [-0.3, -0.25) is 9.59 Å². The van der Waals surface area contributed by atoms with E-state index in [1.165, 1.54) is 12.1 Å². The quantitative estimate of drug-likeness (QED) is 0.847. The molecule has 1 aliphatic heterocycles. The van der Waals surface area contributed by atoms with Crippen molar-refractivity contribution in [2.24, 2.45) is 5.73 Å². The minimum absolute atomic E-state index is 0.0519. The Morgan fingerprint density at radius 2 is 1.95 bits per heavy atom. The van der Waals surface area contributed by atoms with Gasteiger partial charge in [-0.1, -0.05) is 12.1 Å². The lowest BCUT2D eigenvalue weighted by Crippen LogP contribution is -2.41. The molecule has 1 atom stereocenters. The van der Waals surface area contributed by atoms with Gasteiger partial charge in [0.15, 0.2) is 0 Å². The first-order valence-corrected chi connectivity index (χ1v) is 6.66. The number of nitrogens with one attached hydrogen (secondary N) is 1. The van der Waals surface area contributed by atoms with Crippen LogP contribution in [0.2, 0.25) is 0 Å². The lowest BCUT2D eigenvalue weighted by Gasteiger charge is -2.20. The maximum atomic E-state index is 13.5. The number of rotatable bonds is 5. The van der Waals surface area contributed by atoms with Crippen LogP contribution in [0.4, 0.5) is 10.1 Å². The minimum atomic E-state index is -0.903. The fourth-order valence-corrected chi connectivity index (χ4v) is 2.26. The lowest BCUT2D eigenvalue weighted by molar-refractivity contribution is -0.132. The van der Waals surface area contributed by atoms with Gasteiger partial charge >= 0.3 is 0 Å². The molecule has 0 aromatic heterocycles. The summed E-state index contributed by atoms with van der Waals surface area (Å²) in [5, 5.41) is 2.70. The predicted octanol–water partition coefficient (Wildman–Crippen LogP) is 1.10. The lowest BCUT2D eigenvalue weighted by atomic mass is 10.1. The van der Waals surface area contributed by atoms with E-state index in [2.05, 4.69) is 5.32 Å². The SMILES string of the molecule is NC(=O)C(CC(=O)N1CCCC1)Nc1ccccc1F. The van der Waals surface area contributed by atoms with E-state index in [0.29, 0.717) is 13.1 Å². The van der Waals surface area contributed by atoms with Crippen molar-refractivity contribution in [1.82, 2.24) is 4.90 Å². The summed E-state index contributed by atoms with van der Waals surface area (Å²) in [6.07, 6.45) is 1.91. The van der Waals surface area contributed by atoms with E-state index in [1.807, 2.05) is 0 Å². The van der Waals surface area contributed by atoms with Crippen LogP contribution in [0.3, 0.4) is 0 Å². The monoisotopic (exact) mass is 279 g/mol. The van der Waals surface area contributed by atoms with Gasteiger partial charge in [0.2, 0.25) is 11.8 Å². The van der Waals surface area contributed by atoms with Gasteiger partial charge in [0.25, 0.3) is 0 Å². The molecule has 1 heterocycles. The number of primary amides is 1. The molecule has 3 N–H and O–H groups in total.